The molecule has 0 fully saturated rings. The molecule has 1 aliphatic heterocycles. The van der Waals surface area contributed by atoms with Gasteiger partial charge in [-0.2, -0.15) is 0 Å². The van der Waals surface area contributed by atoms with Crippen molar-refractivity contribution in [2.24, 2.45) is 0 Å². The van der Waals surface area contributed by atoms with E-state index in [0.29, 0.717) is 5.92 Å². The summed E-state index contributed by atoms with van der Waals surface area (Å²) in [7, 11) is 0. The molecular formula is C13H17NO. The zero-order valence-electron chi connectivity index (χ0n) is 9.34. The minimum absolute atomic E-state index is 0.0880. The second-order valence-corrected chi connectivity index (χ2v) is 4.39. The molecule has 2 rings (SSSR count). The second kappa shape index (κ2) is 4.05. The topological polar surface area (TPSA) is 29.1 Å². The molecule has 0 aromatic heterocycles. The molecule has 0 radical (unpaired) electrons. The number of hydrogen-bond acceptors (Lipinski definition) is 1. The van der Waals surface area contributed by atoms with Gasteiger partial charge in [0.2, 0.25) is 0 Å². The summed E-state index contributed by atoms with van der Waals surface area (Å²) in [6.45, 7) is 5.15. The van der Waals surface area contributed by atoms with Gasteiger partial charge >= 0.3 is 0 Å². The van der Waals surface area contributed by atoms with Crippen LogP contribution in [0.5, 0.6) is 0 Å². The fourth-order valence-electron chi connectivity index (χ4n) is 2.20. The Labute approximate surface area is 90.7 Å². The Morgan fingerprint density at radius 1 is 1.33 bits per heavy atom. The number of carbonyl (C=O) groups excluding carboxylic acids is 1. The third kappa shape index (κ3) is 1.89. The lowest BCUT2D eigenvalue weighted by molar-refractivity contribution is 0.0956. The van der Waals surface area contributed by atoms with E-state index in [0.717, 1.165) is 24.9 Å². The van der Waals surface area contributed by atoms with Crippen molar-refractivity contribution in [1.29, 1.82) is 0 Å². The number of amides is 1. The molecule has 1 amide bonds. The molecule has 0 saturated carbocycles. The first-order valence-corrected chi connectivity index (χ1v) is 5.60. The van der Waals surface area contributed by atoms with E-state index in [4.69, 9.17) is 0 Å². The minimum Gasteiger partial charge on any atom is -0.352 e. The van der Waals surface area contributed by atoms with Gasteiger partial charge in [-0.1, -0.05) is 26.0 Å². The smallest absolute Gasteiger partial charge is 0.251 e. The van der Waals surface area contributed by atoms with Crippen LogP contribution in [0.25, 0.3) is 0 Å². The van der Waals surface area contributed by atoms with Gasteiger partial charge in [0, 0.05) is 12.1 Å². The van der Waals surface area contributed by atoms with E-state index in [1.54, 1.807) is 0 Å². The van der Waals surface area contributed by atoms with E-state index in [-0.39, 0.29) is 5.91 Å². The Bertz CT molecular complexity index is 382. The van der Waals surface area contributed by atoms with Gasteiger partial charge in [0.25, 0.3) is 5.91 Å². The first-order valence-electron chi connectivity index (χ1n) is 5.60. The number of fused-ring (bicyclic) bond motifs is 1. The largest absolute Gasteiger partial charge is 0.352 e. The fraction of sp³-hybridized carbons (Fsp3) is 0.462. The lowest BCUT2D eigenvalue weighted by atomic mass is 9.91. The van der Waals surface area contributed by atoms with Crippen molar-refractivity contribution in [3.8, 4) is 0 Å². The number of nitrogens with one attached hydrogen (secondary N) is 1. The highest BCUT2D eigenvalue weighted by atomic mass is 16.1. The van der Waals surface area contributed by atoms with E-state index in [2.05, 4.69) is 25.2 Å². The van der Waals surface area contributed by atoms with E-state index in [1.165, 1.54) is 11.1 Å². The molecule has 0 aliphatic carbocycles. The molecule has 0 spiro atoms. The summed E-state index contributed by atoms with van der Waals surface area (Å²) < 4.78 is 0. The lowest BCUT2D eigenvalue weighted by Crippen LogP contribution is -2.22. The molecule has 2 heteroatoms. The van der Waals surface area contributed by atoms with Crippen LogP contribution in [0.1, 0.15) is 47.7 Å². The summed E-state index contributed by atoms with van der Waals surface area (Å²) in [6, 6.07) is 6.06. The van der Waals surface area contributed by atoms with Crippen LogP contribution in [0, 0.1) is 0 Å². The number of carbonyl (C=O) groups is 1. The molecule has 1 aromatic rings. The molecule has 0 saturated heterocycles. The number of rotatable bonds is 1. The van der Waals surface area contributed by atoms with Crippen molar-refractivity contribution in [3.05, 3.63) is 34.9 Å². The number of hydrogen-bond donors (Lipinski definition) is 1. The summed E-state index contributed by atoms with van der Waals surface area (Å²) in [6.07, 6.45) is 2.06. The standard InChI is InChI=1S/C13H17NO/c1-9(2)10-5-3-6-12-11(10)7-4-8-14-13(12)15/h3,5-6,9H,4,7-8H2,1-2H3,(H,14,15). The van der Waals surface area contributed by atoms with Crippen LogP contribution in [0.15, 0.2) is 18.2 Å². The zero-order valence-corrected chi connectivity index (χ0v) is 9.34. The molecule has 0 unspecified atom stereocenters. The summed E-state index contributed by atoms with van der Waals surface area (Å²) in [4.78, 5) is 11.8. The van der Waals surface area contributed by atoms with Crippen LogP contribution in [0.2, 0.25) is 0 Å². The molecule has 0 bridgehead atoms. The van der Waals surface area contributed by atoms with Crippen molar-refractivity contribution < 1.29 is 4.79 Å². The predicted octanol–water partition coefficient (Wildman–Crippen LogP) is 2.49. The average molecular weight is 203 g/mol. The Hall–Kier alpha value is -1.31. The zero-order chi connectivity index (χ0) is 10.8. The highest BCUT2D eigenvalue weighted by molar-refractivity contribution is 5.96. The Morgan fingerprint density at radius 3 is 2.87 bits per heavy atom. The van der Waals surface area contributed by atoms with Gasteiger partial charge in [-0.05, 0) is 36.0 Å². The molecule has 1 N–H and O–H groups in total. The van der Waals surface area contributed by atoms with Crippen molar-refractivity contribution in [3.63, 3.8) is 0 Å². The van der Waals surface area contributed by atoms with Gasteiger partial charge in [0.15, 0.2) is 0 Å². The van der Waals surface area contributed by atoms with E-state index in [9.17, 15) is 4.79 Å². The third-order valence-electron chi connectivity index (χ3n) is 2.97. The van der Waals surface area contributed by atoms with Crippen LogP contribution < -0.4 is 5.32 Å². The maximum Gasteiger partial charge on any atom is 0.251 e. The molecular weight excluding hydrogens is 186 g/mol. The van der Waals surface area contributed by atoms with Crippen LogP contribution in [0.3, 0.4) is 0 Å². The number of benzene rings is 1. The fourth-order valence-corrected chi connectivity index (χ4v) is 2.20. The predicted molar refractivity (Wildman–Crippen MR) is 61.2 cm³/mol. The van der Waals surface area contributed by atoms with E-state index >= 15 is 0 Å². The van der Waals surface area contributed by atoms with Crippen LogP contribution in [-0.2, 0) is 6.42 Å². The highest BCUT2D eigenvalue weighted by Crippen LogP contribution is 2.25. The quantitative estimate of drug-likeness (QED) is 0.746. The average Bonchev–Trinajstić information content (AvgIpc) is 2.40. The van der Waals surface area contributed by atoms with Crippen LogP contribution >= 0.6 is 0 Å². The molecule has 2 nitrogen and oxygen atoms in total. The van der Waals surface area contributed by atoms with Crippen molar-refractivity contribution in [2.45, 2.75) is 32.6 Å². The Kier molecular flexibility index (Phi) is 2.76. The highest BCUT2D eigenvalue weighted by Gasteiger charge is 2.18. The molecule has 1 heterocycles. The molecule has 1 aromatic carbocycles. The monoisotopic (exact) mass is 203 g/mol. The minimum atomic E-state index is 0.0880. The third-order valence-corrected chi connectivity index (χ3v) is 2.97. The molecule has 1 aliphatic rings. The Morgan fingerprint density at radius 2 is 2.13 bits per heavy atom. The van der Waals surface area contributed by atoms with Crippen molar-refractivity contribution >= 4 is 5.91 Å². The van der Waals surface area contributed by atoms with Gasteiger partial charge in [0.05, 0.1) is 0 Å². The molecule has 15 heavy (non-hydrogen) atoms. The first kappa shape index (κ1) is 10.2. The lowest BCUT2D eigenvalue weighted by Gasteiger charge is -2.13. The van der Waals surface area contributed by atoms with Gasteiger partial charge < -0.3 is 5.32 Å². The summed E-state index contributed by atoms with van der Waals surface area (Å²) in [5.74, 6) is 0.579. The van der Waals surface area contributed by atoms with E-state index in [1.807, 2.05) is 12.1 Å². The van der Waals surface area contributed by atoms with Gasteiger partial charge in [-0.15, -0.1) is 0 Å². The Balaban J connectivity index is 2.53. The SMILES string of the molecule is CC(C)c1cccc2c1CCCNC2=O. The van der Waals surface area contributed by atoms with Gasteiger partial charge in [-0.25, -0.2) is 0 Å². The molecule has 80 valence electrons. The van der Waals surface area contributed by atoms with Crippen LogP contribution in [-0.4, -0.2) is 12.5 Å². The van der Waals surface area contributed by atoms with Gasteiger partial charge in [0.1, 0.15) is 0 Å². The van der Waals surface area contributed by atoms with E-state index < -0.39 is 0 Å². The molecule has 0 atom stereocenters. The van der Waals surface area contributed by atoms with Crippen LogP contribution in [0.4, 0.5) is 0 Å². The second-order valence-electron chi connectivity index (χ2n) is 4.39. The maximum absolute atomic E-state index is 11.8. The van der Waals surface area contributed by atoms with Gasteiger partial charge in [-0.3, -0.25) is 4.79 Å². The summed E-state index contributed by atoms with van der Waals surface area (Å²) in [5, 5.41) is 2.93. The summed E-state index contributed by atoms with van der Waals surface area (Å²) >= 11 is 0. The maximum atomic E-state index is 11.8. The first-order chi connectivity index (χ1) is 7.20. The normalized spacial score (nSPS) is 15.8. The summed E-state index contributed by atoms with van der Waals surface area (Å²) in [5.41, 5.74) is 3.45. The van der Waals surface area contributed by atoms with Crippen molar-refractivity contribution in [1.82, 2.24) is 5.32 Å². The van der Waals surface area contributed by atoms with Crippen molar-refractivity contribution in [2.75, 3.05) is 6.54 Å².